The van der Waals surface area contributed by atoms with Crippen LogP contribution >= 0.6 is 0 Å². The van der Waals surface area contributed by atoms with Gasteiger partial charge in [0, 0.05) is 36.0 Å². The van der Waals surface area contributed by atoms with Gasteiger partial charge in [-0.05, 0) is 55.0 Å². The first-order valence-corrected chi connectivity index (χ1v) is 14.2. The van der Waals surface area contributed by atoms with Crippen molar-refractivity contribution in [3.8, 4) is 39.7 Å². The first kappa shape index (κ1) is 27.0. The van der Waals surface area contributed by atoms with Gasteiger partial charge in [-0.1, -0.05) is 42.5 Å². The topological polar surface area (TPSA) is 109 Å². The standard InChI is InChI=1S/C30H28FN5O3S/c1-39-25-10-5-9-22(19-25)28-29(36-30(35-28)21-7-3-2-4-8-21)23-15-18-33-27(20-23)32-16-6-17-34-40(37,38)26-13-11-24(31)12-14-26/h2-5,7-15,18-20,34H,6,16-17H2,1H3,(H,32,33)(H,35,36). The first-order valence-electron chi connectivity index (χ1n) is 12.7. The largest absolute Gasteiger partial charge is 0.497 e. The molecule has 0 aliphatic carbocycles. The van der Waals surface area contributed by atoms with Gasteiger partial charge < -0.3 is 15.0 Å². The number of benzene rings is 3. The Balaban J connectivity index is 1.31. The Bertz CT molecular complexity index is 1690. The SMILES string of the molecule is COc1cccc(-c2nc(-c3ccccc3)[nH]c2-c2ccnc(NCCCNS(=O)(=O)c3ccc(F)cc3)c2)c1. The maximum absolute atomic E-state index is 13.1. The first-order chi connectivity index (χ1) is 19.4. The molecule has 40 heavy (non-hydrogen) atoms. The van der Waals surface area contributed by atoms with Gasteiger partial charge in [-0.3, -0.25) is 0 Å². The molecule has 0 atom stereocenters. The molecule has 0 saturated carbocycles. The van der Waals surface area contributed by atoms with Crippen molar-refractivity contribution in [2.45, 2.75) is 11.3 Å². The van der Waals surface area contributed by atoms with E-state index in [4.69, 9.17) is 9.72 Å². The molecule has 204 valence electrons. The van der Waals surface area contributed by atoms with Crippen molar-refractivity contribution in [2.75, 3.05) is 25.5 Å². The highest BCUT2D eigenvalue weighted by molar-refractivity contribution is 7.89. The summed E-state index contributed by atoms with van der Waals surface area (Å²) in [6.07, 6.45) is 2.23. The van der Waals surface area contributed by atoms with Crippen LogP contribution in [-0.4, -0.2) is 43.6 Å². The summed E-state index contributed by atoms with van der Waals surface area (Å²) in [4.78, 5) is 12.9. The van der Waals surface area contributed by atoms with Crippen LogP contribution in [0.2, 0.25) is 0 Å². The van der Waals surface area contributed by atoms with E-state index in [9.17, 15) is 12.8 Å². The lowest BCUT2D eigenvalue weighted by molar-refractivity contribution is 0.415. The van der Waals surface area contributed by atoms with E-state index in [2.05, 4.69) is 20.0 Å². The fourth-order valence-electron chi connectivity index (χ4n) is 4.19. The number of aromatic amines is 1. The molecular weight excluding hydrogens is 529 g/mol. The average Bonchev–Trinajstić information content (AvgIpc) is 3.44. The lowest BCUT2D eigenvalue weighted by Gasteiger charge is -2.10. The van der Waals surface area contributed by atoms with E-state index in [0.29, 0.717) is 18.8 Å². The summed E-state index contributed by atoms with van der Waals surface area (Å²) < 4.78 is 45.8. The number of rotatable bonds is 11. The molecule has 0 fully saturated rings. The van der Waals surface area contributed by atoms with Crippen molar-refractivity contribution in [1.29, 1.82) is 0 Å². The summed E-state index contributed by atoms with van der Waals surface area (Å²) in [7, 11) is -2.07. The summed E-state index contributed by atoms with van der Waals surface area (Å²) in [6.45, 7) is 0.705. The van der Waals surface area contributed by atoms with E-state index in [0.717, 1.165) is 51.8 Å². The number of aromatic nitrogens is 3. The smallest absolute Gasteiger partial charge is 0.240 e. The molecule has 0 aliphatic rings. The zero-order valence-corrected chi connectivity index (χ0v) is 22.6. The van der Waals surface area contributed by atoms with Gasteiger partial charge >= 0.3 is 0 Å². The van der Waals surface area contributed by atoms with Crippen molar-refractivity contribution in [2.24, 2.45) is 0 Å². The van der Waals surface area contributed by atoms with Crippen LogP contribution in [0.5, 0.6) is 5.75 Å². The molecule has 8 nitrogen and oxygen atoms in total. The van der Waals surface area contributed by atoms with E-state index in [1.165, 1.54) is 12.1 Å². The zero-order valence-electron chi connectivity index (χ0n) is 21.8. The number of hydrogen-bond donors (Lipinski definition) is 3. The van der Waals surface area contributed by atoms with Gasteiger partial charge in [-0.25, -0.2) is 27.5 Å². The molecule has 0 radical (unpaired) electrons. The number of pyridine rings is 1. The van der Waals surface area contributed by atoms with E-state index in [1.807, 2.05) is 66.7 Å². The normalized spacial score (nSPS) is 11.3. The van der Waals surface area contributed by atoms with Crippen LogP contribution < -0.4 is 14.8 Å². The summed E-state index contributed by atoms with van der Waals surface area (Å²) in [5, 5.41) is 3.25. The number of anilines is 1. The molecule has 5 aromatic rings. The van der Waals surface area contributed by atoms with Gasteiger partial charge in [0.25, 0.3) is 0 Å². The van der Waals surface area contributed by atoms with Crippen LogP contribution in [0.4, 0.5) is 10.2 Å². The van der Waals surface area contributed by atoms with E-state index >= 15 is 0 Å². The predicted octanol–water partition coefficient (Wildman–Crippen LogP) is 5.73. The Morgan fingerprint density at radius 2 is 1.65 bits per heavy atom. The van der Waals surface area contributed by atoms with Gasteiger partial charge in [-0.15, -0.1) is 0 Å². The Morgan fingerprint density at radius 1 is 0.875 bits per heavy atom. The number of sulfonamides is 1. The minimum Gasteiger partial charge on any atom is -0.497 e. The number of halogens is 1. The molecule has 0 saturated heterocycles. The molecule has 0 aliphatic heterocycles. The van der Waals surface area contributed by atoms with Gasteiger partial charge in [0.05, 0.1) is 23.4 Å². The minimum absolute atomic E-state index is 0.0255. The van der Waals surface area contributed by atoms with Gasteiger partial charge in [0.15, 0.2) is 0 Å². The predicted molar refractivity (Wildman–Crippen MR) is 154 cm³/mol. The van der Waals surface area contributed by atoms with Crippen molar-refractivity contribution in [3.63, 3.8) is 0 Å². The third kappa shape index (κ3) is 6.36. The van der Waals surface area contributed by atoms with E-state index in [-0.39, 0.29) is 11.4 Å². The summed E-state index contributed by atoms with van der Waals surface area (Å²) in [5.74, 6) is 1.64. The highest BCUT2D eigenvalue weighted by Gasteiger charge is 2.17. The molecule has 2 aromatic heterocycles. The third-order valence-electron chi connectivity index (χ3n) is 6.22. The van der Waals surface area contributed by atoms with E-state index < -0.39 is 15.8 Å². The molecule has 3 aromatic carbocycles. The van der Waals surface area contributed by atoms with Crippen LogP contribution in [-0.2, 0) is 10.0 Å². The monoisotopic (exact) mass is 557 g/mol. The molecule has 0 unspecified atom stereocenters. The zero-order chi connectivity index (χ0) is 28.0. The van der Waals surface area contributed by atoms with E-state index in [1.54, 1.807) is 13.3 Å². The minimum atomic E-state index is -3.70. The fraction of sp³-hybridized carbons (Fsp3) is 0.133. The number of imidazole rings is 1. The van der Waals surface area contributed by atoms with Gasteiger partial charge in [0.1, 0.15) is 23.2 Å². The van der Waals surface area contributed by atoms with Crippen LogP contribution in [0.15, 0.2) is 102 Å². The number of H-pyrrole nitrogens is 1. The molecule has 2 heterocycles. The fourth-order valence-corrected chi connectivity index (χ4v) is 5.26. The molecule has 0 amide bonds. The highest BCUT2D eigenvalue weighted by Crippen LogP contribution is 2.34. The Hall–Kier alpha value is -4.54. The number of methoxy groups -OCH3 is 1. The van der Waals surface area contributed by atoms with Crippen molar-refractivity contribution in [3.05, 3.63) is 103 Å². The third-order valence-corrected chi connectivity index (χ3v) is 7.70. The van der Waals surface area contributed by atoms with Crippen LogP contribution in [0.25, 0.3) is 33.9 Å². The second-order valence-corrected chi connectivity index (χ2v) is 10.7. The Labute approximate surface area is 232 Å². The number of nitrogens with one attached hydrogen (secondary N) is 3. The summed E-state index contributed by atoms with van der Waals surface area (Å²) in [6, 6.07) is 26.2. The van der Waals surface area contributed by atoms with Crippen molar-refractivity contribution < 1.29 is 17.5 Å². The molecule has 10 heteroatoms. The quantitative estimate of drug-likeness (QED) is 0.179. The average molecular weight is 558 g/mol. The van der Waals surface area contributed by atoms with Crippen LogP contribution in [0.1, 0.15) is 6.42 Å². The van der Waals surface area contributed by atoms with Crippen molar-refractivity contribution >= 4 is 15.8 Å². The number of ether oxygens (including phenoxy) is 1. The lowest BCUT2D eigenvalue weighted by atomic mass is 10.1. The molecule has 3 N–H and O–H groups in total. The maximum atomic E-state index is 13.1. The number of nitrogens with zero attached hydrogens (tertiary/aromatic N) is 2. The maximum Gasteiger partial charge on any atom is 0.240 e. The van der Waals surface area contributed by atoms with Crippen LogP contribution in [0.3, 0.4) is 0 Å². The second kappa shape index (κ2) is 12.1. The van der Waals surface area contributed by atoms with Crippen LogP contribution in [0, 0.1) is 5.82 Å². The summed E-state index contributed by atoms with van der Waals surface area (Å²) in [5.41, 5.74) is 4.39. The van der Waals surface area contributed by atoms with Gasteiger partial charge in [-0.2, -0.15) is 0 Å². The Kier molecular flexibility index (Phi) is 8.18. The lowest BCUT2D eigenvalue weighted by Crippen LogP contribution is -2.26. The highest BCUT2D eigenvalue weighted by atomic mass is 32.2. The van der Waals surface area contributed by atoms with Crippen molar-refractivity contribution in [1.82, 2.24) is 19.7 Å². The molecule has 0 spiro atoms. The molecular formula is C30H28FN5O3S. The molecule has 5 rings (SSSR count). The molecule has 0 bridgehead atoms. The second-order valence-electron chi connectivity index (χ2n) is 8.97. The Morgan fingerprint density at radius 3 is 2.42 bits per heavy atom. The van der Waals surface area contributed by atoms with Gasteiger partial charge in [0.2, 0.25) is 10.0 Å². The summed E-state index contributed by atoms with van der Waals surface area (Å²) >= 11 is 0. The number of hydrogen-bond acceptors (Lipinski definition) is 6.